The van der Waals surface area contributed by atoms with Gasteiger partial charge < -0.3 is 0 Å². The SMILES string of the molecule is C1=NCCC(c2n[nH]c3c2C=C(c2cn[nH]c2)CC3)=CC1. The van der Waals surface area contributed by atoms with Crippen LogP contribution in [0.2, 0.25) is 0 Å². The Morgan fingerprint density at radius 1 is 1.10 bits per heavy atom. The molecule has 0 unspecified atom stereocenters. The first-order valence-electron chi connectivity index (χ1n) is 7.36. The molecule has 1 aliphatic heterocycles. The fraction of sp³-hybridized carbons (Fsp3) is 0.312. The second-order valence-corrected chi connectivity index (χ2v) is 5.42. The molecular weight excluding hydrogens is 262 g/mol. The third kappa shape index (κ3) is 2.24. The minimum Gasteiger partial charge on any atom is -0.297 e. The van der Waals surface area contributed by atoms with E-state index in [-0.39, 0.29) is 0 Å². The third-order valence-corrected chi connectivity index (χ3v) is 4.13. The van der Waals surface area contributed by atoms with Crippen molar-refractivity contribution in [2.75, 3.05) is 6.54 Å². The molecule has 2 N–H and O–H groups in total. The van der Waals surface area contributed by atoms with E-state index in [9.17, 15) is 0 Å². The molecule has 2 aromatic heterocycles. The van der Waals surface area contributed by atoms with Crippen molar-refractivity contribution in [1.29, 1.82) is 0 Å². The van der Waals surface area contributed by atoms with Gasteiger partial charge in [0.2, 0.25) is 0 Å². The molecule has 2 aromatic rings. The molecule has 0 saturated heterocycles. The molecule has 0 amide bonds. The number of aromatic amines is 2. The minimum atomic E-state index is 0.853. The lowest BCUT2D eigenvalue weighted by molar-refractivity contribution is 0.914. The molecule has 0 radical (unpaired) electrons. The molecule has 4 rings (SSSR count). The Kier molecular flexibility index (Phi) is 3.03. The van der Waals surface area contributed by atoms with Crippen LogP contribution in [-0.4, -0.2) is 33.2 Å². The molecule has 0 fully saturated rings. The molecule has 1 aliphatic carbocycles. The van der Waals surface area contributed by atoms with Crippen LogP contribution < -0.4 is 0 Å². The van der Waals surface area contributed by atoms with Gasteiger partial charge in [0.25, 0.3) is 0 Å². The summed E-state index contributed by atoms with van der Waals surface area (Å²) < 4.78 is 0. The second-order valence-electron chi connectivity index (χ2n) is 5.42. The lowest BCUT2D eigenvalue weighted by Gasteiger charge is -2.13. The number of H-pyrrole nitrogens is 2. The minimum absolute atomic E-state index is 0.853. The summed E-state index contributed by atoms with van der Waals surface area (Å²) in [6, 6.07) is 0. The predicted octanol–water partition coefficient (Wildman–Crippen LogP) is 2.87. The highest BCUT2D eigenvalue weighted by atomic mass is 15.1. The zero-order valence-electron chi connectivity index (χ0n) is 11.8. The summed E-state index contributed by atoms with van der Waals surface area (Å²) in [7, 11) is 0. The molecule has 106 valence electrons. The maximum Gasteiger partial charge on any atom is 0.0953 e. The molecule has 0 spiro atoms. The van der Waals surface area contributed by atoms with Crippen molar-refractivity contribution in [3.8, 4) is 0 Å². The van der Waals surface area contributed by atoms with Gasteiger partial charge in [0, 0.05) is 42.2 Å². The number of hydrogen-bond donors (Lipinski definition) is 2. The second kappa shape index (κ2) is 5.16. The number of hydrogen-bond acceptors (Lipinski definition) is 3. The summed E-state index contributed by atoms with van der Waals surface area (Å²) >= 11 is 0. The summed E-state index contributed by atoms with van der Waals surface area (Å²) in [5.74, 6) is 0. The molecule has 3 heterocycles. The number of rotatable bonds is 2. The summed E-state index contributed by atoms with van der Waals surface area (Å²) in [6.45, 7) is 0.853. The molecule has 0 saturated carbocycles. The smallest absolute Gasteiger partial charge is 0.0953 e. The Hall–Kier alpha value is -2.43. The Bertz CT molecular complexity index is 731. The number of aryl methyl sites for hydroxylation is 1. The van der Waals surface area contributed by atoms with E-state index >= 15 is 0 Å². The van der Waals surface area contributed by atoms with Gasteiger partial charge in [0.15, 0.2) is 0 Å². The number of aromatic nitrogens is 4. The van der Waals surface area contributed by atoms with Crippen molar-refractivity contribution < 1.29 is 0 Å². The Labute approximate surface area is 122 Å². The van der Waals surface area contributed by atoms with Gasteiger partial charge in [-0.15, -0.1) is 0 Å². The summed E-state index contributed by atoms with van der Waals surface area (Å²) in [6.07, 6.45) is 14.2. The van der Waals surface area contributed by atoms with Gasteiger partial charge in [-0.25, -0.2) is 0 Å². The van der Waals surface area contributed by atoms with Crippen LogP contribution in [0.15, 0.2) is 23.5 Å². The van der Waals surface area contributed by atoms with Crippen molar-refractivity contribution in [3.05, 3.63) is 41.0 Å². The highest BCUT2D eigenvalue weighted by molar-refractivity contribution is 5.87. The molecule has 5 heteroatoms. The number of nitrogens with one attached hydrogen (secondary N) is 2. The number of allylic oxidation sites excluding steroid dienone is 2. The first kappa shape index (κ1) is 12.3. The standard InChI is InChI=1S/C16H17N5/c1-2-11(5-7-17-6-1)16-14-8-12(13-9-18-19-10-13)3-4-15(14)20-21-16/h2,6,8-10H,1,3-5,7H2,(H,18,19)(H,20,21). The van der Waals surface area contributed by atoms with Crippen LogP contribution in [0, 0.1) is 0 Å². The van der Waals surface area contributed by atoms with E-state index in [1.807, 2.05) is 18.6 Å². The molecule has 0 bridgehead atoms. The molecule has 0 atom stereocenters. The van der Waals surface area contributed by atoms with Crippen molar-refractivity contribution in [2.24, 2.45) is 4.99 Å². The van der Waals surface area contributed by atoms with Gasteiger partial charge in [-0.05, 0) is 36.5 Å². The summed E-state index contributed by atoms with van der Waals surface area (Å²) in [4.78, 5) is 4.36. The van der Waals surface area contributed by atoms with E-state index in [0.717, 1.165) is 37.9 Å². The molecular formula is C16H17N5. The Morgan fingerprint density at radius 3 is 3.00 bits per heavy atom. The van der Waals surface area contributed by atoms with E-state index in [1.54, 1.807) is 0 Å². The van der Waals surface area contributed by atoms with Gasteiger partial charge in [0.1, 0.15) is 0 Å². The van der Waals surface area contributed by atoms with Crippen molar-refractivity contribution in [1.82, 2.24) is 20.4 Å². The molecule has 5 nitrogen and oxygen atoms in total. The lowest BCUT2D eigenvalue weighted by atomic mass is 9.91. The van der Waals surface area contributed by atoms with E-state index in [4.69, 9.17) is 0 Å². The van der Waals surface area contributed by atoms with E-state index in [2.05, 4.69) is 37.5 Å². The van der Waals surface area contributed by atoms with Crippen molar-refractivity contribution in [3.63, 3.8) is 0 Å². The highest BCUT2D eigenvalue weighted by Crippen LogP contribution is 2.34. The first-order chi connectivity index (χ1) is 10.4. The number of nitrogens with zero attached hydrogens (tertiary/aromatic N) is 3. The van der Waals surface area contributed by atoms with E-state index in [0.29, 0.717) is 0 Å². The van der Waals surface area contributed by atoms with Crippen LogP contribution in [0.3, 0.4) is 0 Å². The van der Waals surface area contributed by atoms with Gasteiger partial charge in [-0.1, -0.05) is 6.08 Å². The van der Waals surface area contributed by atoms with Gasteiger partial charge in [-0.2, -0.15) is 10.2 Å². The van der Waals surface area contributed by atoms with Crippen LogP contribution >= 0.6 is 0 Å². The monoisotopic (exact) mass is 279 g/mol. The third-order valence-electron chi connectivity index (χ3n) is 4.13. The predicted molar refractivity (Wildman–Crippen MR) is 83.9 cm³/mol. The molecule has 21 heavy (non-hydrogen) atoms. The van der Waals surface area contributed by atoms with Crippen LogP contribution in [0.5, 0.6) is 0 Å². The van der Waals surface area contributed by atoms with Crippen molar-refractivity contribution >= 4 is 23.4 Å². The topological polar surface area (TPSA) is 69.7 Å². The maximum atomic E-state index is 4.56. The number of aliphatic imine (C=N–C) groups is 1. The van der Waals surface area contributed by atoms with Gasteiger partial charge in [-0.3, -0.25) is 15.2 Å². The summed E-state index contributed by atoms with van der Waals surface area (Å²) in [5.41, 5.74) is 7.37. The highest BCUT2D eigenvalue weighted by Gasteiger charge is 2.20. The maximum absolute atomic E-state index is 4.56. The van der Waals surface area contributed by atoms with Crippen LogP contribution in [0.4, 0.5) is 0 Å². The van der Waals surface area contributed by atoms with Gasteiger partial charge in [0.05, 0.1) is 11.9 Å². The zero-order valence-corrected chi connectivity index (χ0v) is 11.8. The van der Waals surface area contributed by atoms with E-state index in [1.165, 1.54) is 28.0 Å². The fourth-order valence-electron chi connectivity index (χ4n) is 3.00. The largest absolute Gasteiger partial charge is 0.297 e. The van der Waals surface area contributed by atoms with Gasteiger partial charge >= 0.3 is 0 Å². The van der Waals surface area contributed by atoms with Crippen LogP contribution in [0.25, 0.3) is 17.2 Å². The Balaban J connectivity index is 1.74. The average molecular weight is 279 g/mol. The Morgan fingerprint density at radius 2 is 2.10 bits per heavy atom. The lowest BCUT2D eigenvalue weighted by Crippen LogP contribution is -1.99. The van der Waals surface area contributed by atoms with Crippen LogP contribution in [-0.2, 0) is 6.42 Å². The van der Waals surface area contributed by atoms with Crippen LogP contribution in [0.1, 0.15) is 41.8 Å². The van der Waals surface area contributed by atoms with E-state index < -0.39 is 0 Å². The number of fused-ring (bicyclic) bond motifs is 1. The fourth-order valence-corrected chi connectivity index (χ4v) is 3.00. The quantitative estimate of drug-likeness (QED) is 0.887. The zero-order chi connectivity index (χ0) is 14.1. The first-order valence-corrected chi connectivity index (χ1v) is 7.36. The van der Waals surface area contributed by atoms with Crippen molar-refractivity contribution in [2.45, 2.75) is 25.7 Å². The molecule has 0 aromatic carbocycles. The average Bonchev–Trinajstić information content (AvgIpc) is 3.11. The normalized spacial score (nSPS) is 17.9. The summed E-state index contributed by atoms with van der Waals surface area (Å²) in [5, 5.41) is 14.7. The molecule has 2 aliphatic rings.